The van der Waals surface area contributed by atoms with E-state index in [1.807, 2.05) is 79.5 Å². The van der Waals surface area contributed by atoms with Crippen molar-refractivity contribution in [2.75, 3.05) is 19.1 Å². The van der Waals surface area contributed by atoms with Crippen molar-refractivity contribution in [2.24, 2.45) is 0 Å². The monoisotopic (exact) mass is 375 g/mol. The van der Waals surface area contributed by atoms with Crippen molar-refractivity contribution >= 4 is 11.7 Å². The lowest BCUT2D eigenvalue weighted by Crippen LogP contribution is -2.21. The van der Waals surface area contributed by atoms with Crippen LogP contribution >= 0.6 is 0 Å². The van der Waals surface area contributed by atoms with E-state index < -0.39 is 0 Å². The van der Waals surface area contributed by atoms with Crippen molar-refractivity contribution in [3.63, 3.8) is 0 Å². The van der Waals surface area contributed by atoms with Gasteiger partial charge in [0.15, 0.2) is 0 Å². The van der Waals surface area contributed by atoms with Gasteiger partial charge in [-0.15, -0.1) is 0 Å². The van der Waals surface area contributed by atoms with Crippen molar-refractivity contribution in [1.82, 2.24) is 0 Å². The third-order valence-electron chi connectivity index (χ3n) is 4.60. The van der Waals surface area contributed by atoms with Crippen LogP contribution in [0.25, 0.3) is 0 Å². The number of ether oxygens (including phenoxy) is 2. The van der Waals surface area contributed by atoms with Gasteiger partial charge in [-0.3, -0.25) is 0 Å². The largest absolute Gasteiger partial charge is 0.489 e. The molecule has 0 aliphatic rings. The van der Waals surface area contributed by atoms with E-state index in [9.17, 15) is 4.79 Å². The molecular weight excluding hydrogens is 350 g/mol. The molecule has 0 aromatic heterocycles. The zero-order chi connectivity index (χ0) is 19.9. The molecule has 0 bridgehead atoms. The summed E-state index contributed by atoms with van der Waals surface area (Å²) in [6, 6.07) is 23.9. The zero-order valence-corrected chi connectivity index (χ0v) is 16.5. The minimum absolute atomic E-state index is 0.345. The van der Waals surface area contributed by atoms with Gasteiger partial charge in [0.25, 0.3) is 0 Å². The first kappa shape index (κ1) is 19.5. The lowest BCUT2D eigenvalue weighted by molar-refractivity contribution is 0.0600. The average molecular weight is 375 g/mol. The summed E-state index contributed by atoms with van der Waals surface area (Å²) in [6.07, 6.45) is 0. The number of carbonyl (C=O) groups excluding carboxylic acids is 1. The molecule has 0 N–H and O–H groups in total. The van der Waals surface area contributed by atoms with Gasteiger partial charge in [-0.2, -0.15) is 0 Å². The molecule has 0 heterocycles. The molecule has 4 nitrogen and oxygen atoms in total. The topological polar surface area (TPSA) is 38.8 Å². The van der Waals surface area contributed by atoms with E-state index >= 15 is 0 Å². The lowest BCUT2D eigenvalue weighted by Gasteiger charge is -2.24. The van der Waals surface area contributed by atoms with Crippen LogP contribution in [0.2, 0.25) is 0 Å². The Bertz CT molecular complexity index is 923. The van der Waals surface area contributed by atoms with Crippen molar-refractivity contribution in [3.05, 3.63) is 95.1 Å². The van der Waals surface area contributed by atoms with E-state index in [4.69, 9.17) is 9.47 Å². The predicted molar refractivity (Wildman–Crippen MR) is 112 cm³/mol. The number of methoxy groups -OCH3 is 1. The molecule has 0 atom stereocenters. The fourth-order valence-electron chi connectivity index (χ4n) is 3.17. The smallest absolute Gasteiger partial charge is 0.340 e. The van der Waals surface area contributed by atoms with E-state index in [0.717, 1.165) is 28.1 Å². The number of nitrogens with zero attached hydrogens (tertiary/aromatic N) is 1. The highest BCUT2D eigenvalue weighted by atomic mass is 16.5. The summed E-state index contributed by atoms with van der Waals surface area (Å²) in [7, 11) is 3.37. The molecule has 0 spiro atoms. The molecule has 0 saturated carbocycles. The van der Waals surface area contributed by atoms with Gasteiger partial charge in [0.2, 0.25) is 0 Å². The molecule has 0 fully saturated rings. The number of carbonyl (C=O) groups is 1. The predicted octanol–water partition coefficient (Wildman–Crippen LogP) is 5.00. The molecule has 0 unspecified atom stereocenters. The van der Waals surface area contributed by atoms with Crippen LogP contribution in [0.4, 0.5) is 5.69 Å². The Kier molecular flexibility index (Phi) is 6.33. The molecule has 0 amide bonds. The number of aryl methyl sites for hydroxylation is 1. The van der Waals surface area contributed by atoms with Gasteiger partial charge in [-0.25, -0.2) is 4.79 Å². The van der Waals surface area contributed by atoms with Crippen LogP contribution in [-0.4, -0.2) is 20.1 Å². The Hall–Kier alpha value is -3.27. The SMILES string of the molecule is COC(=O)c1c(C)cc(OCc2ccccc2)cc1N(C)Cc1ccccc1. The fourth-order valence-corrected chi connectivity index (χ4v) is 3.17. The second-order valence-electron chi connectivity index (χ2n) is 6.74. The van der Waals surface area contributed by atoms with Crippen molar-refractivity contribution < 1.29 is 14.3 Å². The van der Waals surface area contributed by atoms with E-state index in [0.29, 0.717) is 18.7 Å². The Labute approximate surface area is 166 Å². The van der Waals surface area contributed by atoms with Gasteiger partial charge in [-0.1, -0.05) is 60.7 Å². The highest BCUT2D eigenvalue weighted by Gasteiger charge is 2.20. The summed E-state index contributed by atoms with van der Waals surface area (Å²) in [6.45, 7) is 3.05. The maximum absolute atomic E-state index is 12.4. The Morgan fingerprint density at radius 1 is 0.929 bits per heavy atom. The standard InChI is InChI=1S/C24H25NO3/c1-18-14-21(28-17-20-12-8-5-9-13-20)15-22(23(18)24(26)27-3)25(2)16-19-10-6-4-7-11-19/h4-15H,16-17H2,1-3H3. The summed E-state index contributed by atoms with van der Waals surface area (Å²) >= 11 is 0. The molecule has 0 aliphatic heterocycles. The molecular formula is C24H25NO3. The molecule has 144 valence electrons. The van der Waals surface area contributed by atoms with Crippen LogP contribution in [0.3, 0.4) is 0 Å². The van der Waals surface area contributed by atoms with Gasteiger partial charge in [0.1, 0.15) is 12.4 Å². The summed E-state index contributed by atoms with van der Waals surface area (Å²) in [5, 5.41) is 0. The third kappa shape index (κ3) is 4.71. The normalized spacial score (nSPS) is 10.4. The second kappa shape index (κ2) is 9.09. The molecule has 4 heteroatoms. The number of anilines is 1. The van der Waals surface area contributed by atoms with Crippen LogP contribution in [0.15, 0.2) is 72.8 Å². The highest BCUT2D eigenvalue weighted by molar-refractivity contribution is 5.97. The van der Waals surface area contributed by atoms with Crippen LogP contribution in [0.5, 0.6) is 5.75 Å². The second-order valence-corrected chi connectivity index (χ2v) is 6.74. The maximum atomic E-state index is 12.4. The van der Waals surface area contributed by atoms with Crippen LogP contribution in [0, 0.1) is 6.92 Å². The molecule has 3 aromatic rings. The van der Waals surface area contributed by atoms with Gasteiger partial charge in [0.05, 0.1) is 18.4 Å². The quantitative estimate of drug-likeness (QED) is 0.545. The summed E-state index contributed by atoms with van der Waals surface area (Å²) in [5.41, 5.74) is 4.43. The summed E-state index contributed by atoms with van der Waals surface area (Å²) in [5.74, 6) is 0.380. The van der Waals surface area contributed by atoms with Crippen molar-refractivity contribution in [1.29, 1.82) is 0 Å². The van der Waals surface area contributed by atoms with Crippen molar-refractivity contribution in [2.45, 2.75) is 20.1 Å². The number of esters is 1. The molecule has 3 aromatic carbocycles. The van der Waals surface area contributed by atoms with Gasteiger partial charge in [0, 0.05) is 19.7 Å². The zero-order valence-electron chi connectivity index (χ0n) is 16.5. The number of hydrogen-bond acceptors (Lipinski definition) is 4. The number of hydrogen-bond donors (Lipinski definition) is 0. The number of benzene rings is 3. The van der Waals surface area contributed by atoms with Crippen LogP contribution in [0.1, 0.15) is 27.0 Å². The van der Waals surface area contributed by atoms with E-state index in [-0.39, 0.29) is 5.97 Å². The minimum Gasteiger partial charge on any atom is -0.489 e. The molecule has 3 rings (SSSR count). The highest BCUT2D eigenvalue weighted by Crippen LogP contribution is 2.31. The third-order valence-corrected chi connectivity index (χ3v) is 4.60. The van der Waals surface area contributed by atoms with Crippen molar-refractivity contribution in [3.8, 4) is 5.75 Å². The van der Waals surface area contributed by atoms with E-state index in [1.165, 1.54) is 7.11 Å². The maximum Gasteiger partial charge on any atom is 0.340 e. The van der Waals surface area contributed by atoms with E-state index in [1.54, 1.807) is 0 Å². The van der Waals surface area contributed by atoms with Crippen LogP contribution in [-0.2, 0) is 17.9 Å². The average Bonchev–Trinajstić information content (AvgIpc) is 2.72. The lowest BCUT2D eigenvalue weighted by atomic mass is 10.0. The van der Waals surface area contributed by atoms with Gasteiger partial charge in [-0.05, 0) is 29.7 Å². The molecule has 0 saturated heterocycles. The molecule has 0 radical (unpaired) electrons. The van der Waals surface area contributed by atoms with Gasteiger partial charge >= 0.3 is 5.97 Å². The van der Waals surface area contributed by atoms with Gasteiger partial charge < -0.3 is 14.4 Å². The molecule has 0 aliphatic carbocycles. The first-order chi connectivity index (χ1) is 13.6. The summed E-state index contributed by atoms with van der Waals surface area (Å²) < 4.78 is 11.0. The summed E-state index contributed by atoms with van der Waals surface area (Å²) in [4.78, 5) is 14.5. The van der Waals surface area contributed by atoms with E-state index in [2.05, 4.69) is 12.1 Å². The minimum atomic E-state index is -0.345. The molecule has 28 heavy (non-hydrogen) atoms. The Morgan fingerprint density at radius 3 is 2.14 bits per heavy atom. The Balaban J connectivity index is 1.90. The Morgan fingerprint density at radius 2 is 1.54 bits per heavy atom. The first-order valence-corrected chi connectivity index (χ1v) is 9.23. The fraction of sp³-hybridized carbons (Fsp3) is 0.208. The first-order valence-electron chi connectivity index (χ1n) is 9.23. The van der Waals surface area contributed by atoms with Crippen LogP contribution < -0.4 is 9.64 Å². The number of rotatable bonds is 7.